The summed E-state index contributed by atoms with van der Waals surface area (Å²) >= 11 is 0. The van der Waals surface area contributed by atoms with Crippen molar-refractivity contribution in [3.05, 3.63) is 65.7 Å². The van der Waals surface area contributed by atoms with Crippen molar-refractivity contribution >= 4 is 11.7 Å². The zero-order chi connectivity index (χ0) is 26.5. The molecule has 0 saturated carbocycles. The number of hydrogen-bond donors (Lipinski definition) is 4. The topological polar surface area (TPSA) is 125 Å². The molecule has 1 amide bonds. The lowest BCUT2D eigenvalue weighted by Gasteiger charge is -2.19. The molecule has 0 bridgehead atoms. The number of nitrogens with one attached hydrogen (secondary N) is 1. The molecule has 0 spiro atoms. The smallest absolute Gasteiger partial charge is 0.219 e. The van der Waals surface area contributed by atoms with Gasteiger partial charge in [-0.2, -0.15) is 0 Å². The maximum Gasteiger partial charge on any atom is 0.219 e. The van der Waals surface area contributed by atoms with Crippen LogP contribution >= 0.6 is 0 Å². The van der Waals surface area contributed by atoms with Gasteiger partial charge in [-0.05, 0) is 43.9 Å². The SMILES string of the molecule is CC(=O)c1ccccc1.CCC(=O)NCCc1ccc(OCC(C)C(O)CCCO)cc1.COO. The van der Waals surface area contributed by atoms with E-state index in [0.29, 0.717) is 32.4 Å². The van der Waals surface area contributed by atoms with Crippen molar-refractivity contribution in [3.63, 3.8) is 0 Å². The van der Waals surface area contributed by atoms with Gasteiger partial charge >= 0.3 is 0 Å². The number of rotatable bonds is 12. The second kappa shape index (κ2) is 20.6. The summed E-state index contributed by atoms with van der Waals surface area (Å²) in [5.74, 6) is 0.979. The van der Waals surface area contributed by atoms with Gasteiger partial charge in [-0.3, -0.25) is 14.8 Å². The summed E-state index contributed by atoms with van der Waals surface area (Å²) in [5.41, 5.74) is 1.92. The summed E-state index contributed by atoms with van der Waals surface area (Å²) in [6.07, 6.45) is 2.04. The van der Waals surface area contributed by atoms with Gasteiger partial charge in [0.1, 0.15) is 5.75 Å². The zero-order valence-electron chi connectivity index (χ0n) is 21.3. The molecule has 2 rings (SSSR count). The third-order valence-corrected chi connectivity index (χ3v) is 4.99. The van der Waals surface area contributed by atoms with Gasteiger partial charge in [-0.15, -0.1) is 0 Å². The Hall–Kier alpha value is -2.78. The van der Waals surface area contributed by atoms with E-state index in [1.807, 2.05) is 68.4 Å². The Labute approximate surface area is 208 Å². The van der Waals surface area contributed by atoms with Crippen molar-refractivity contribution in [2.24, 2.45) is 5.92 Å². The average Bonchev–Trinajstić information content (AvgIpc) is 2.87. The van der Waals surface area contributed by atoms with Crippen LogP contribution in [0.15, 0.2) is 54.6 Å². The van der Waals surface area contributed by atoms with Crippen LogP contribution in [0.2, 0.25) is 0 Å². The minimum atomic E-state index is -0.455. The van der Waals surface area contributed by atoms with E-state index in [4.69, 9.17) is 15.1 Å². The highest BCUT2D eigenvalue weighted by molar-refractivity contribution is 5.93. The first-order valence-electron chi connectivity index (χ1n) is 11.8. The van der Waals surface area contributed by atoms with E-state index < -0.39 is 6.10 Å². The van der Waals surface area contributed by atoms with Gasteiger partial charge in [0.15, 0.2) is 5.78 Å². The summed E-state index contributed by atoms with van der Waals surface area (Å²) < 4.78 is 5.69. The van der Waals surface area contributed by atoms with E-state index in [1.54, 1.807) is 6.92 Å². The number of carbonyl (C=O) groups excluding carboxylic acids is 2. The van der Waals surface area contributed by atoms with Crippen molar-refractivity contribution in [3.8, 4) is 5.75 Å². The summed E-state index contributed by atoms with van der Waals surface area (Å²) in [4.78, 5) is 25.1. The molecule has 0 aromatic heterocycles. The Kier molecular flexibility index (Phi) is 18.9. The molecule has 2 aromatic rings. The molecule has 0 fully saturated rings. The number of aliphatic hydroxyl groups excluding tert-OH is 2. The lowest BCUT2D eigenvalue weighted by Crippen LogP contribution is -2.24. The lowest BCUT2D eigenvalue weighted by atomic mass is 10.0. The van der Waals surface area contributed by atoms with Gasteiger partial charge in [0.05, 0.1) is 19.8 Å². The van der Waals surface area contributed by atoms with Gasteiger partial charge in [0.2, 0.25) is 5.91 Å². The molecule has 196 valence electrons. The molecule has 2 unspecified atom stereocenters. The van der Waals surface area contributed by atoms with Crippen LogP contribution in [-0.4, -0.2) is 60.1 Å². The van der Waals surface area contributed by atoms with Crippen LogP contribution in [0.5, 0.6) is 5.75 Å². The molecule has 0 aliphatic heterocycles. The van der Waals surface area contributed by atoms with Crippen molar-refractivity contribution in [2.75, 3.05) is 26.9 Å². The molecule has 4 N–H and O–H groups in total. The van der Waals surface area contributed by atoms with Crippen molar-refractivity contribution in [1.82, 2.24) is 5.32 Å². The largest absolute Gasteiger partial charge is 0.493 e. The first kappa shape index (κ1) is 32.2. The van der Waals surface area contributed by atoms with Crippen LogP contribution in [-0.2, 0) is 16.1 Å². The molecule has 0 saturated heterocycles. The zero-order valence-corrected chi connectivity index (χ0v) is 21.3. The number of Topliss-reactive ketones (excluding diaryl/α,β-unsaturated/α-hetero) is 1. The number of aliphatic hydroxyl groups is 2. The highest BCUT2D eigenvalue weighted by Crippen LogP contribution is 2.16. The third kappa shape index (κ3) is 16.5. The quantitative estimate of drug-likeness (QED) is 0.202. The van der Waals surface area contributed by atoms with Crippen LogP contribution in [0.1, 0.15) is 56.0 Å². The second-order valence-electron chi connectivity index (χ2n) is 7.92. The van der Waals surface area contributed by atoms with Gasteiger partial charge in [0.25, 0.3) is 0 Å². The molecule has 8 nitrogen and oxygen atoms in total. The summed E-state index contributed by atoms with van der Waals surface area (Å²) in [5, 5.41) is 28.6. The minimum absolute atomic E-state index is 0.0190. The van der Waals surface area contributed by atoms with Crippen LogP contribution in [0.3, 0.4) is 0 Å². The number of hydrogen-bond acceptors (Lipinski definition) is 7. The Balaban J connectivity index is 0.000000791. The summed E-state index contributed by atoms with van der Waals surface area (Å²) in [7, 11) is 1.18. The first-order valence-corrected chi connectivity index (χ1v) is 11.8. The van der Waals surface area contributed by atoms with E-state index >= 15 is 0 Å². The van der Waals surface area contributed by atoms with Gasteiger partial charge in [0, 0.05) is 31.1 Å². The average molecular weight is 492 g/mol. The van der Waals surface area contributed by atoms with Gasteiger partial charge in [-0.1, -0.05) is 56.3 Å². The molecule has 0 aliphatic rings. The number of ketones is 1. The Morgan fingerprint density at radius 2 is 1.66 bits per heavy atom. The maximum absolute atomic E-state index is 11.2. The molecular weight excluding hydrogens is 450 g/mol. The second-order valence-corrected chi connectivity index (χ2v) is 7.92. The third-order valence-electron chi connectivity index (χ3n) is 4.99. The Morgan fingerprint density at radius 1 is 1.06 bits per heavy atom. The van der Waals surface area contributed by atoms with Crippen molar-refractivity contribution in [2.45, 2.75) is 52.6 Å². The summed E-state index contributed by atoms with van der Waals surface area (Å²) in [6.45, 7) is 6.52. The molecular formula is C27H41NO7. The fourth-order valence-corrected chi connectivity index (χ4v) is 2.82. The van der Waals surface area contributed by atoms with Crippen LogP contribution in [0.4, 0.5) is 0 Å². The van der Waals surface area contributed by atoms with E-state index in [-0.39, 0.29) is 24.2 Å². The van der Waals surface area contributed by atoms with Crippen LogP contribution < -0.4 is 10.1 Å². The molecule has 35 heavy (non-hydrogen) atoms. The minimum Gasteiger partial charge on any atom is -0.493 e. The highest BCUT2D eigenvalue weighted by atomic mass is 17.1. The predicted molar refractivity (Wildman–Crippen MR) is 137 cm³/mol. The van der Waals surface area contributed by atoms with E-state index in [2.05, 4.69) is 10.2 Å². The van der Waals surface area contributed by atoms with Crippen molar-refractivity contribution < 1.29 is 34.7 Å². The van der Waals surface area contributed by atoms with E-state index in [0.717, 1.165) is 23.3 Å². The number of carbonyl (C=O) groups is 2. The fourth-order valence-electron chi connectivity index (χ4n) is 2.82. The van der Waals surface area contributed by atoms with E-state index in [1.165, 1.54) is 7.11 Å². The molecule has 0 heterocycles. The molecule has 0 radical (unpaired) electrons. The normalized spacial score (nSPS) is 11.6. The van der Waals surface area contributed by atoms with Crippen molar-refractivity contribution in [1.29, 1.82) is 0 Å². The molecule has 2 atom stereocenters. The summed E-state index contributed by atoms with van der Waals surface area (Å²) in [6, 6.07) is 17.0. The standard InChI is InChI=1S/C18H29NO4.C8H8O.CH4O2/c1-3-18(22)19-11-10-15-6-8-16(9-7-15)23-13-14(2)17(21)5-4-12-20;1-7(9)8-5-3-2-4-6-8;1-3-2/h6-9,14,17,20-21H,3-5,10-13H2,1-2H3,(H,19,22);2-6H,1H3;2H,1H3. The number of ether oxygens (including phenoxy) is 1. The number of benzene rings is 2. The maximum atomic E-state index is 11.2. The Bertz CT molecular complexity index is 797. The number of amides is 1. The monoisotopic (exact) mass is 491 g/mol. The molecule has 0 aliphatic carbocycles. The van der Waals surface area contributed by atoms with E-state index in [9.17, 15) is 14.7 Å². The van der Waals surface area contributed by atoms with Crippen LogP contribution in [0.25, 0.3) is 0 Å². The van der Waals surface area contributed by atoms with Gasteiger partial charge in [-0.25, -0.2) is 4.89 Å². The predicted octanol–water partition coefficient (Wildman–Crippen LogP) is 3.90. The molecule has 2 aromatic carbocycles. The van der Waals surface area contributed by atoms with Crippen LogP contribution in [0, 0.1) is 5.92 Å². The molecule has 8 heteroatoms. The highest BCUT2D eigenvalue weighted by Gasteiger charge is 2.14. The Morgan fingerprint density at radius 3 is 2.14 bits per heavy atom. The fraction of sp³-hybridized carbons (Fsp3) is 0.481. The first-order chi connectivity index (χ1) is 16.8. The lowest BCUT2D eigenvalue weighted by molar-refractivity contribution is -0.214. The van der Waals surface area contributed by atoms with Gasteiger partial charge < -0.3 is 20.3 Å².